The van der Waals surface area contributed by atoms with Crippen LogP contribution >= 0.6 is 0 Å². The Morgan fingerprint density at radius 3 is 2.59 bits per heavy atom. The van der Waals surface area contributed by atoms with Crippen molar-refractivity contribution in [1.82, 2.24) is 10.3 Å². The Morgan fingerprint density at radius 2 is 1.79 bits per heavy atom. The summed E-state index contributed by atoms with van der Waals surface area (Å²) in [7, 11) is 0. The summed E-state index contributed by atoms with van der Waals surface area (Å²) < 4.78 is 10.8. The largest absolute Gasteiger partial charge is 0.459 e. The molecule has 0 radical (unpaired) electrons. The van der Waals surface area contributed by atoms with Gasteiger partial charge in [-0.3, -0.25) is 9.59 Å². The number of hydrogen-bond acceptors (Lipinski definition) is 5. The molecule has 4 aromatic rings. The van der Waals surface area contributed by atoms with Gasteiger partial charge in [0.05, 0.1) is 6.04 Å². The number of amides is 1. The average Bonchev–Trinajstić information content (AvgIpc) is 3.16. The lowest BCUT2D eigenvalue weighted by atomic mass is 10.1. The van der Waals surface area contributed by atoms with Gasteiger partial charge in [0, 0.05) is 10.8 Å². The number of esters is 1. The van der Waals surface area contributed by atoms with Crippen molar-refractivity contribution in [3.63, 3.8) is 0 Å². The summed E-state index contributed by atoms with van der Waals surface area (Å²) in [5.74, 6) is -0.654. The Bertz CT molecular complexity index is 1240. The number of benzene rings is 2. The van der Waals surface area contributed by atoms with Gasteiger partial charge in [-0.15, -0.1) is 0 Å². The highest BCUT2D eigenvalue weighted by Gasteiger charge is 2.17. The lowest BCUT2D eigenvalue weighted by Crippen LogP contribution is -2.31. The average molecular weight is 390 g/mol. The molecule has 4 rings (SSSR count). The molecule has 0 aliphatic carbocycles. The molecule has 0 saturated heterocycles. The lowest BCUT2D eigenvalue weighted by molar-refractivity contribution is -0.125. The fourth-order valence-corrected chi connectivity index (χ4v) is 3.10. The predicted octanol–water partition coefficient (Wildman–Crippen LogP) is 3.31. The van der Waals surface area contributed by atoms with E-state index in [2.05, 4.69) is 10.3 Å². The maximum absolute atomic E-state index is 12.2. The summed E-state index contributed by atoms with van der Waals surface area (Å²) in [6.07, 6.45) is 0. The fourth-order valence-electron chi connectivity index (χ4n) is 3.10. The molecule has 0 spiro atoms. The van der Waals surface area contributed by atoms with Crippen LogP contribution in [0.25, 0.3) is 21.7 Å². The molecule has 0 aliphatic heterocycles. The van der Waals surface area contributed by atoms with Crippen LogP contribution in [0.15, 0.2) is 69.9 Å². The summed E-state index contributed by atoms with van der Waals surface area (Å²) in [6, 6.07) is 17.4. The zero-order valence-corrected chi connectivity index (χ0v) is 15.6. The molecule has 0 bridgehead atoms. The minimum Gasteiger partial charge on any atom is -0.459 e. The van der Waals surface area contributed by atoms with Crippen molar-refractivity contribution >= 4 is 33.6 Å². The molecule has 1 atom stereocenters. The second-order valence-corrected chi connectivity index (χ2v) is 6.65. The Labute approximate surface area is 165 Å². The number of hydrogen-bond donors (Lipinski definition) is 2. The standard InChI is InChI=1S/C22H18N2O5/c1-13(19-11-15-7-3-5-9-18(15)29-19)23-20(25)12-28-22(27)17-10-14-6-2-4-8-16(14)21(26)24-17/h2-11,13H,12H2,1H3,(H,23,25)(H,24,26)/t13-/m1/s1. The number of carbonyl (C=O) groups excluding carboxylic acids is 2. The van der Waals surface area contributed by atoms with E-state index in [-0.39, 0.29) is 5.69 Å². The van der Waals surface area contributed by atoms with E-state index in [0.29, 0.717) is 16.5 Å². The van der Waals surface area contributed by atoms with Crippen molar-refractivity contribution in [2.45, 2.75) is 13.0 Å². The number of rotatable bonds is 5. The van der Waals surface area contributed by atoms with E-state index in [0.717, 1.165) is 11.0 Å². The van der Waals surface area contributed by atoms with E-state index in [4.69, 9.17) is 9.15 Å². The molecule has 2 N–H and O–H groups in total. The minimum absolute atomic E-state index is 0.00756. The SMILES string of the molecule is C[C@@H](NC(=O)COC(=O)c1cc2ccccc2c(=O)[nH]1)c1cc2ccccc2o1. The number of aromatic nitrogens is 1. The number of nitrogens with one attached hydrogen (secondary N) is 2. The van der Waals surface area contributed by atoms with Crippen molar-refractivity contribution in [2.75, 3.05) is 6.61 Å². The van der Waals surface area contributed by atoms with Gasteiger partial charge in [0.1, 0.15) is 17.0 Å². The number of pyridine rings is 1. The van der Waals surface area contributed by atoms with Crippen LogP contribution in [-0.2, 0) is 9.53 Å². The minimum atomic E-state index is -0.778. The van der Waals surface area contributed by atoms with E-state index in [1.807, 2.05) is 30.3 Å². The van der Waals surface area contributed by atoms with Gasteiger partial charge >= 0.3 is 5.97 Å². The Hall–Kier alpha value is -3.87. The number of para-hydroxylation sites is 1. The van der Waals surface area contributed by atoms with Crippen LogP contribution in [0.3, 0.4) is 0 Å². The van der Waals surface area contributed by atoms with Crippen LogP contribution in [-0.4, -0.2) is 23.5 Å². The first-order valence-corrected chi connectivity index (χ1v) is 9.08. The van der Waals surface area contributed by atoms with Crippen molar-refractivity contribution < 1.29 is 18.7 Å². The van der Waals surface area contributed by atoms with Crippen molar-refractivity contribution in [1.29, 1.82) is 0 Å². The quantitative estimate of drug-likeness (QED) is 0.509. The van der Waals surface area contributed by atoms with Gasteiger partial charge in [0.25, 0.3) is 11.5 Å². The highest BCUT2D eigenvalue weighted by Crippen LogP contribution is 2.23. The number of carbonyl (C=O) groups is 2. The van der Waals surface area contributed by atoms with Gasteiger partial charge in [-0.2, -0.15) is 0 Å². The van der Waals surface area contributed by atoms with E-state index >= 15 is 0 Å². The normalized spacial score (nSPS) is 12.0. The maximum Gasteiger partial charge on any atom is 0.355 e. The van der Waals surface area contributed by atoms with Crippen LogP contribution in [0.1, 0.15) is 29.2 Å². The predicted molar refractivity (Wildman–Crippen MR) is 108 cm³/mol. The van der Waals surface area contributed by atoms with Gasteiger partial charge in [0.15, 0.2) is 6.61 Å². The first-order valence-electron chi connectivity index (χ1n) is 9.08. The number of ether oxygens (including phenoxy) is 1. The molecule has 7 heteroatoms. The number of aromatic amines is 1. The molecule has 29 heavy (non-hydrogen) atoms. The van der Waals surface area contributed by atoms with Crippen LogP contribution in [0.2, 0.25) is 0 Å². The smallest absolute Gasteiger partial charge is 0.355 e. The second-order valence-electron chi connectivity index (χ2n) is 6.65. The number of H-pyrrole nitrogens is 1. The van der Waals surface area contributed by atoms with Gasteiger partial charge in [-0.1, -0.05) is 36.4 Å². The summed E-state index contributed by atoms with van der Waals surface area (Å²) in [5.41, 5.74) is 0.333. The third kappa shape index (κ3) is 3.89. The molecule has 0 saturated carbocycles. The van der Waals surface area contributed by atoms with Gasteiger partial charge in [-0.25, -0.2) is 4.79 Å². The van der Waals surface area contributed by atoms with Gasteiger partial charge < -0.3 is 19.5 Å². The third-order valence-corrected chi connectivity index (χ3v) is 4.56. The van der Waals surface area contributed by atoms with Gasteiger partial charge in [-0.05, 0) is 36.6 Å². The first-order chi connectivity index (χ1) is 14.0. The molecule has 146 valence electrons. The van der Waals surface area contributed by atoms with Crippen molar-refractivity contribution in [3.05, 3.63) is 82.5 Å². The van der Waals surface area contributed by atoms with E-state index in [1.54, 1.807) is 31.2 Å². The topological polar surface area (TPSA) is 101 Å². The Morgan fingerprint density at radius 1 is 1.07 bits per heavy atom. The molecular formula is C22H18N2O5. The molecule has 2 aromatic carbocycles. The van der Waals surface area contributed by atoms with E-state index in [1.165, 1.54) is 6.07 Å². The van der Waals surface area contributed by atoms with Gasteiger partial charge in [0.2, 0.25) is 0 Å². The molecule has 0 aliphatic rings. The van der Waals surface area contributed by atoms with E-state index < -0.39 is 30.1 Å². The summed E-state index contributed by atoms with van der Waals surface area (Å²) in [6.45, 7) is 1.30. The Balaban J connectivity index is 1.39. The summed E-state index contributed by atoms with van der Waals surface area (Å²) in [4.78, 5) is 38.9. The molecule has 2 aromatic heterocycles. The lowest BCUT2D eigenvalue weighted by Gasteiger charge is -2.11. The van der Waals surface area contributed by atoms with Crippen molar-refractivity contribution in [3.8, 4) is 0 Å². The van der Waals surface area contributed by atoms with E-state index in [9.17, 15) is 14.4 Å². The molecule has 0 unspecified atom stereocenters. The zero-order valence-electron chi connectivity index (χ0n) is 15.6. The molecular weight excluding hydrogens is 372 g/mol. The molecule has 1 amide bonds. The van der Waals surface area contributed by atoms with Crippen LogP contribution in [0.4, 0.5) is 0 Å². The highest BCUT2D eigenvalue weighted by molar-refractivity contribution is 5.94. The first kappa shape index (κ1) is 18.5. The number of fused-ring (bicyclic) bond motifs is 2. The maximum atomic E-state index is 12.2. The highest BCUT2D eigenvalue weighted by atomic mass is 16.5. The van der Waals surface area contributed by atoms with Crippen LogP contribution in [0, 0.1) is 0 Å². The summed E-state index contributed by atoms with van der Waals surface area (Å²) >= 11 is 0. The monoisotopic (exact) mass is 390 g/mol. The van der Waals surface area contributed by atoms with Crippen molar-refractivity contribution in [2.24, 2.45) is 0 Å². The Kier molecular flexibility index (Phi) is 4.87. The molecule has 7 nitrogen and oxygen atoms in total. The van der Waals surface area contributed by atoms with Crippen LogP contribution < -0.4 is 10.9 Å². The second kappa shape index (κ2) is 7.63. The fraction of sp³-hybridized carbons (Fsp3) is 0.136. The zero-order chi connectivity index (χ0) is 20.4. The summed E-state index contributed by atoms with van der Waals surface area (Å²) in [5, 5.41) is 4.75. The molecule has 0 fully saturated rings. The third-order valence-electron chi connectivity index (χ3n) is 4.56. The number of furan rings is 1. The van der Waals surface area contributed by atoms with Crippen LogP contribution in [0.5, 0.6) is 0 Å². The molecule has 2 heterocycles.